The van der Waals surface area contributed by atoms with Crippen molar-refractivity contribution in [1.29, 1.82) is 10.8 Å². The van der Waals surface area contributed by atoms with Crippen molar-refractivity contribution in [3.05, 3.63) is 70.8 Å². The van der Waals surface area contributed by atoms with E-state index in [2.05, 4.69) is 10.6 Å². The zero-order chi connectivity index (χ0) is 30.1. The lowest BCUT2D eigenvalue weighted by Gasteiger charge is -2.40. The molecule has 2 aromatic carbocycles. The first-order chi connectivity index (χ1) is 19.5. The third-order valence-electron chi connectivity index (χ3n) is 6.49. The van der Waals surface area contributed by atoms with E-state index in [1.165, 1.54) is 35.2 Å². The number of hydrogen-bond acceptors (Lipinski definition) is 7. The molecule has 3 rings (SSSR count). The topological polar surface area (TPSA) is 236 Å². The van der Waals surface area contributed by atoms with E-state index in [1.54, 1.807) is 18.2 Å². The highest BCUT2D eigenvalue weighted by molar-refractivity contribution is 6.07. The molecule has 1 fully saturated rings. The highest BCUT2D eigenvalue weighted by Crippen LogP contribution is 2.17. The number of nitrogen functional groups attached to an aromatic ring is 2. The van der Waals surface area contributed by atoms with E-state index in [-0.39, 0.29) is 60.8 Å². The van der Waals surface area contributed by atoms with Gasteiger partial charge in [-0.05, 0) is 31.0 Å². The number of carbonyl (C=O) groups is 5. The molecule has 14 heteroatoms. The number of carboxylic acid groups (broad SMARTS) is 1. The number of benzene rings is 2. The van der Waals surface area contributed by atoms with Crippen LogP contribution >= 0.6 is 0 Å². The second-order valence-corrected chi connectivity index (χ2v) is 9.29. The van der Waals surface area contributed by atoms with Crippen molar-refractivity contribution < 1.29 is 29.1 Å². The number of amides is 4. The van der Waals surface area contributed by atoms with Crippen LogP contribution in [0.4, 0.5) is 0 Å². The quantitative estimate of drug-likeness (QED) is 0.0988. The van der Waals surface area contributed by atoms with Gasteiger partial charge in [-0.2, -0.15) is 0 Å². The van der Waals surface area contributed by atoms with E-state index in [9.17, 15) is 29.1 Å². The zero-order valence-electron chi connectivity index (χ0n) is 22.2. The number of nitrogens with one attached hydrogen (secondary N) is 4. The van der Waals surface area contributed by atoms with Gasteiger partial charge >= 0.3 is 5.97 Å². The first-order valence-corrected chi connectivity index (χ1v) is 12.7. The van der Waals surface area contributed by atoms with Crippen LogP contribution in [-0.4, -0.2) is 94.9 Å². The van der Waals surface area contributed by atoms with Crippen LogP contribution in [0.15, 0.2) is 48.5 Å². The van der Waals surface area contributed by atoms with Crippen molar-refractivity contribution in [2.75, 3.05) is 32.7 Å². The Morgan fingerprint density at radius 3 is 2.12 bits per heavy atom. The standard InChI is InChI=1S/C27H32N8O6/c28-23(29)16-7-9-17(10-8-16)25(39)33-14-21(36)35-13-12-34(15-22(37)38)27(41)20(35)6-3-11-32-26(40)19-5-2-1-4-18(19)24(30)31/h1-2,4-5,7-10,20H,3,6,11-15H2,(H3,28,29)(H3,30,31)(H,32,40)(H,33,39)(H,37,38)/t20-/m0/s1. The van der Waals surface area contributed by atoms with Crippen molar-refractivity contribution in [3.8, 4) is 0 Å². The summed E-state index contributed by atoms with van der Waals surface area (Å²) in [6.07, 6.45) is 0.416. The van der Waals surface area contributed by atoms with Gasteiger partial charge in [-0.1, -0.05) is 30.3 Å². The summed E-state index contributed by atoms with van der Waals surface area (Å²) in [6.45, 7) is -0.670. The van der Waals surface area contributed by atoms with Gasteiger partial charge < -0.3 is 37.0 Å². The highest BCUT2D eigenvalue weighted by atomic mass is 16.4. The Morgan fingerprint density at radius 2 is 1.51 bits per heavy atom. The molecule has 1 saturated heterocycles. The van der Waals surface area contributed by atoms with Gasteiger partial charge in [-0.3, -0.25) is 34.8 Å². The zero-order valence-corrected chi connectivity index (χ0v) is 22.2. The number of nitrogens with two attached hydrogens (primary N) is 2. The maximum Gasteiger partial charge on any atom is 0.323 e. The summed E-state index contributed by atoms with van der Waals surface area (Å²) in [4.78, 5) is 65.0. The van der Waals surface area contributed by atoms with Crippen molar-refractivity contribution in [2.24, 2.45) is 11.5 Å². The minimum atomic E-state index is -1.18. The first kappa shape index (κ1) is 30.3. The molecule has 0 saturated carbocycles. The van der Waals surface area contributed by atoms with E-state index in [0.717, 1.165) is 4.90 Å². The van der Waals surface area contributed by atoms with Crippen LogP contribution in [0.2, 0.25) is 0 Å². The number of hydrogen-bond donors (Lipinski definition) is 7. The van der Waals surface area contributed by atoms with Gasteiger partial charge in [0.1, 0.15) is 24.3 Å². The van der Waals surface area contributed by atoms with E-state index in [0.29, 0.717) is 5.56 Å². The average Bonchev–Trinajstić information content (AvgIpc) is 2.95. The molecule has 1 aliphatic heterocycles. The number of piperazine rings is 1. The highest BCUT2D eigenvalue weighted by Gasteiger charge is 2.37. The lowest BCUT2D eigenvalue weighted by atomic mass is 10.0. The number of nitrogens with zero attached hydrogens (tertiary/aromatic N) is 2. The SMILES string of the molecule is N=C(N)c1ccc(C(=O)NCC(=O)N2CCN(CC(=O)O)C(=O)[C@@H]2CCCNC(=O)c2ccccc2C(=N)N)cc1. The van der Waals surface area contributed by atoms with Crippen molar-refractivity contribution in [3.63, 3.8) is 0 Å². The minimum Gasteiger partial charge on any atom is -0.480 e. The van der Waals surface area contributed by atoms with Gasteiger partial charge in [0.25, 0.3) is 11.8 Å². The minimum absolute atomic E-state index is 0.0202. The van der Waals surface area contributed by atoms with Crippen molar-refractivity contribution in [2.45, 2.75) is 18.9 Å². The Hall–Kier alpha value is -5.27. The van der Waals surface area contributed by atoms with Gasteiger partial charge in [0.05, 0.1) is 12.1 Å². The van der Waals surface area contributed by atoms with Crippen LogP contribution in [0.25, 0.3) is 0 Å². The summed E-state index contributed by atoms with van der Waals surface area (Å²) in [7, 11) is 0. The fourth-order valence-electron chi connectivity index (χ4n) is 4.41. The molecule has 9 N–H and O–H groups in total. The third-order valence-corrected chi connectivity index (χ3v) is 6.49. The molecular weight excluding hydrogens is 532 g/mol. The molecule has 0 spiro atoms. The fourth-order valence-corrected chi connectivity index (χ4v) is 4.41. The Morgan fingerprint density at radius 1 is 0.878 bits per heavy atom. The van der Waals surface area contributed by atoms with E-state index in [4.69, 9.17) is 22.3 Å². The van der Waals surface area contributed by atoms with Gasteiger partial charge in [0.15, 0.2) is 0 Å². The second-order valence-electron chi connectivity index (χ2n) is 9.29. The van der Waals surface area contributed by atoms with Gasteiger partial charge in [0.2, 0.25) is 11.8 Å². The van der Waals surface area contributed by atoms with E-state index < -0.39 is 48.7 Å². The molecule has 2 aromatic rings. The number of carbonyl (C=O) groups excluding carboxylic acids is 4. The summed E-state index contributed by atoms with van der Waals surface area (Å²) in [5.41, 5.74) is 12.2. The van der Waals surface area contributed by atoms with Crippen LogP contribution < -0.4 is 22.1 Å². The van der Waals surface area contributed by atoms with Gasteiger partial charge in [-0.15, -0.1) is 0 Å². The number of aliphatic carboxylic acids is 1. The van der Waals surface area contributed by atoms with Crippen LogP contribution in [0.3, 0.4) is 0 Å². The van der Waals surface area contributed by atoms with Crippen LogP contribution in [-0.2, 0) is 14.4 Å². The summed E-state index contributed by atoms with van der Waals surface area (Å²) < 4.78 is 0. The summed E-state index contributed by atoms with van der Waals surface area (Å²) in [5.74, 6) is -3.63. The number of rotatable bonds is 12. The lowest BCUT2D eigenvalue weighted by molar-refractivity contribution is -0.155. The van der Waals surface area contributed by atoms with Crippen LogP contribution in [0, 0.1) is 10.8 Å². The monoisotopic (exact) mass is 564 g/mol. The maximum atomic E-state index is 13.1. The molecule has 41 heavy (non-hydrogen) atoms. The van der Waals surface area contributed by atoms with E-state index in [1.807, 2.05) is 0 Å². The summed E-state index contributed by atoms with van der Waals surface area (Å²) in [6, 6.07) is 11.4. The molecular formula is C27H32N8O6. The smallest absolute Gasteiger partial charge is 0.323 e. The summed E-state index contributed by atoms with van der Waals surface area (Å²) >= 11 is 0. The third kappa shape index (κ3) is 7.88. The predicted octanol–water partition coefficient (Wildman–Crippen LogP) is -0.681. The molecule has 0 bridgehead atoms. The molecule has 14 nitrogen and oxygen atoms in total. The molecule has 1 aliphatic rings. The van der Waals surface area contributed by atoms with Crippen molar-refractivity contribution in [1.82, 2.24) is 20.4 Å². The van der Waals surface area contributed by atoms with E-state index >= 15 is 0 Å². The normalized spacial score (nSPS) is 14.7. The van der Waals surface area contributed by atoms with Crippen LogP contribution in [0.5, 0.6) is 0 Å². The van der Waals surface area contributed by atoms with Gasteiger partial charge in [-0.25, -0.2) is 0 Å². The predicted molar refractivity (Wildman–Crippen MR) is 149 cm³/mol. The Bertz CT molecular complexity index is 1360. The molecule has 216 valence electrons. The Labute approximate surface area is 235 Å². The summed E-state index contributed by atoms with van der Waals surface area (Å²) in [5, 5.41) is 29.5. The number of amidine groups is 2. The average molecular weight is 565 g/mol. The molecule has 0 unspecified atom stereocenters. The number of carboxylic acids is 1. The molecule has 0 radical (unpaired) electrons. The van der Waals surface area contributed by atoms with Crippen LogP contribution in [0.1, 0.15) is 44.7 Å². The maximum absolute atomic E-state index is 13.1. The Balaban J connectivity index is 1.62. The van der Waals surface area contributed by atoms with Crippen molar-refractivity contribution >= 4 is 41.3 Å². The first-order valence-electron chi connectivity index (χ1n) is 12.7. The fraction of sp³-hybridized carbons (Fsp3) is 0.296. The molecule has 1 heterocycles. The second kappa shape index (κ2) is 13.7. The largest absolute Gasteiger partial charge is 0.480 e. The van der Waals surface area contributed by atoms with Gasteiger partial charge in [0, 0.05) is 36.3 Å². The molecule has 0 aromatic heterocycles. The molecule has 1 atom stereocenters. The lowest BCUT2D eigenvalue weighted by Crippen LogP contribution is -2.60. The molecule has 4 amide bonds. The Kier molecular flexibility index (Phi) is 10.1. The molecule has 0 aliphatic carbocycles.